The molecule has 0 spiro atoms. The van der Waals surface area contributed by atoms with Gasteiger partial charge in [0.05, 0.1) is 10.6 Å². The Morgan fingerprint density at radius 3 is 2.15 bits per heavy atom. The van der Waals surface area contributed by atoms with Crippen LogP contribution in [0.5, 0.6) is 0 Å². The Kier molecular flexibility index (Phi) is 4.80. The van der Waals surface area contributed by atoms with E-state index < -0.39 is 0 Å². The third-order valence-corrected chi connectivity index (χ3v) is 5.30. The van der Waals surface area contributed by atoms with Gasteiger partial charge in [-0.05, 0) is 30.2 Å². The SMILES string of the molecule is Cc1ccc(-c2cn(Cc3ccccc3)c(=Nc3ccccc3)s2)cc1. The first-order valence-corrected chi connectivity index (χ1v) is 9.50. The molecule has 2 nitrogen and oxygen atoms in total. The van der Waals surface area contributed by atoms with Crippen molar-refractivity contribution in [1.29, 1.82) is 0 Å². The molecule has 4 rings (SSSR count). The van der Waals surface area contributed by atoms with Crippen LogP contribution in [-0.4, -0.2) is 4.57 Å². The number of rotatable bonds is 4. The summed E-state index contributed by atoms with van der Waals surface area (Å²) in [6.07, 6.45) is 2.21. The maximum absolute atomic E-state index is 4.88. The van der Waals surface area contributed by atoms with Crippen LogP contribution in [0.25, 0.3) is 10.4 Å². The highest BCUT2D eigenvalue weighted by Crippen LogP contribution is 2.23. The molecule has 0 unspecified atom stereocenters. The minimum Gasteiger partial charge on any atom is -0.319 e. The zero-order valence-electron chi connectivity index (χ0n) is 14.7. The Morgan fingerprint density at radius 1 is 0.808 bits per heavy atom. The van der Waals surface area contributed by atoms with Gasteiger partial charge in [-0.15, -0.1) is 0 Å². The van der Waals surface area contributed by atoms with Gasteiger partial charge in [-0.2, -0.15) is 0 Å². The number of nitrogens with zero attached hydrogens (tertiary/aromatic N) is 2. The number of benzene rings is 3. The highest BCUT2D eigenvalue weighted by Gasteiger charge is 2.06. The average Bonchev–Trinajstić information content (AvgIpc) is 3.06. The molecular formula is C23H20N2S. The fourth-order valence-corrected chi connectivity index (χ4v) is 3.84. The first-order chi connectivity index (χ1) is 12.8. The molecule has 0 N–H and O–H groups in total. The Hall–Kier alpha value is -2.91. The van der Waals surface area contributed by atoms with E-state index in [1.54, 1.807) is 11.3 Å². The van der Waals surface area contributed by atoms with E-state index in [0.717, 1.165) is 17.0 Å². The van der Waals surface area contributed by atoms with Gasteiger partial charge >= 0.3 is 0 Å². The molecule has 0 radical (unpaired) electrons. The second kappa shape index (κ2) is 7.54. The fraction of sp³-hybridized carbons (Fsp3) is 0.0870. The summed E-state index contributed by atoms with van der Waals surface area (Å²) in [5.41, 5.74) is 4.76. The normalized spacial score (nSPS) is 11.7. The average molecular weight is 356 g/mol. The molecule has 0 saturated heterocycles. The predicted molar refractivity (Wildman–Crippen MR) is 110 cm³/mol. The molecule has 4 aromatic rings. The summed E-state index contributed by atoms with van der Waals surface area (Å²) in [6.45, 7) is 2.93. The number of thiazole rings is 1. The number of aromatic nitrogens is 1. The van der Waals surface area contributed by atoms with Crippen LogP contribution in [0.2, 0.25) is 0 Å². The molecular weight excluding hydrogens is 336 g/mol. The number of hydrogen-bond acceptors (Lipinski definition) is 2. The molecule has 128 valence electrons. The summed E-state index contributed by atoms with van der Waals surface area (Å²) in [5.74, 6) is 0. The van der Waals surface area contributed by atoms with Crippen molar-refractivity contribution < 1.29 is 0 Å². The van der Waals surface area contributed by atoms with Gasteiger partial charge in [0.2, 0.25) is 0 Å². The van der Waals surface area contributed by atoms with Crippen LogP contribution in [0.1, 0.15) is 11.1 Å². The van der Waals surface area contributed by atoms with Crippen molar-refractivity contribution in [3.05, 3.63) is 107 Å². The molecule has 0 bridgehead atoms. The van der Waals surface area contributed by atoms with E-state index in [1.165, 1.54) is 21.6 Å². The smallest absolute Gasteiger partial charge is 0.190 e. The lowest BCUT2D eigenvalue weighted by Crippen LogP contribution is -2.14. The predicted octanol–water partition coefficient (Wildman–Crippen LogP) is 5.81. The van der Waals surface area contributed by atoms with Crippen molar-refractivity contribution in [1.82, 2.24) is 4.57 Å². The second-order valence-electron chi connectivity index (χ2n) is 6.30. The number of hydrogen-bond donors (Lipinski definition) is 0. The van der Waals surface area contributed by atoms with Gasteiger partial charge in [-0.1, -0.05) is 89.7 Å². The van der Waals surface area contributed by atoms with E-state index in [9.17, 15) is 0 Å². The van der Waals surface area contributed by atoms with Gasteiger partial charge in [0.15, 0.2) is 4.80 Å². The molecule has 3 aromatic carbocycles. The summed E-state index contributed by atoms with van der Waals surface area (Å²) in [6, 6.07) is 29.3. The number of aryl methyl sites for hydroxylation is 1. The molecule has 0 aliphatic rings. The summed E-state index contributed by atoms with van der Waals surface area (Å²) in [7, 11) is 0. The lowest BCUT2D eigenvalue weighted by atomic mass is 10.1. The second-order valence-corrected chi connectivity index (χ2v) is 7.31. The van der Waals surface area contributed by atoms with Crippen molar-refractivity contribution in [2.24, 2.45) is 4.99 Å². The molecule has 1 heterocycles. The van der Waals surface area contributed by atoms with E-state index in [4.69, 9.17) is 4.99 Å². The highest BCUT2D eigenvalue weighted by molar-refractivity contribution is 7.12. The topological polar surface area (TPSA) is 17.3 Å². The first-order valence-electron chi connectivity index (χ1n) is 8.69. The summed E-state index contributed by atoms with van der Waals surface area (Å²) >= 11 is 1.73. The van der Waals surface area contributed by atoms with Crippen LogP contribution in [0.15, 0.2) is 96.1 Å². The minimum atomic E-state index is 0.814. The molecule has 0 atom stereocenters. The Morgan fingerprint density at radius 2 is 1.46 bits per heavy atom. The Bertz CT molecular complexity index is 1040. The van der Waals surface area contributed by atoms with Crippen LogP contribution >= 0.6 is 11.3 Å². The van der Waals surface area contributed by atoms with Crippen LogP contribution < -0.4 is 4.80 Å². The minimum absolute atomic E-state index is 0.814. The van der Waals surface area contributed by atoms with E-state index in [-0.39, 0.29) is 0 Å². The van der Waals surface area contributed by atoms with Crippen molar-refractivity contribution in [2.75, 3.05) is 0 Å². The Labute approximate surface area is 157 Å². The van der Waals surface area contributed by atoms with Crippen LogP contribution in [-0.2, 0) is 6.54 Å². The maximum atomic E-state index is 4.88. The van der Waals surface area contributed by atoms with Crippen LogP contribution in [0.3, 0.4) is 0 Å². The standard InChI is InChI=1S/C23H20N2S/c1-18-12-14-20(15-13-18)22-17-25(16-19-8-4-2-5-9-19)23(26-22)24-21-10-6-3-7-11-21/h2-15,17H,16H2,1H3. The molecule has 0 amide bonds. The van der Waals surface area contributed by atoms with Crippen molar-refractivity contribution in [2.45, 2.75) is 13.5 Å². The van der Waals surface area contributed by atoms with E-state index >= 15 is 0 Å². The summed E-state index contributed by atoms with van der Waals surface area (Å²) < 4.78 is 2.24. The molecule has 1 aromatic heterocycles. The third-order valence-electron chi connectivity index (χ3n) is 4.23. The maximum Gasteiger partial charge on any atom is 0.190 e. The summed E-state index contributed by atoms with van der Waals surface area (Å²) in [4.78, 5) is 7.12. The third kappa shape index (κ3) is 3.84. The van der Waals surface area contributed by atoms with E-state index in [2.05, 4.69) is 72.3 Å². The zero-order chi connectivity index (χ0) is 17.8. The molecule has 3 heteroatoms. The lowest BCUT2D eigenvalue weighted by Gasteiger charge is -2.03. The molecule has 0 fully saturated rings. The zero-order valence-corrected chi connectivity index (χ0v) is 15.5. The monoisotopic (exact) mass is 356 g/mol. The molecule has 0 aliphatic carbocycles. The van der Waals surface area contributed by atoms with Gasteiger partial charge in [-0.25, -0.2) is 4.99 Å². The largest absolute Gasteiger partial charge is 0.319 e. The van der Waals surface area contributed by atoms with Gasteiger partial charge < -0.3 is 4.57 Å². The van der Waals surface area contributed by atoms with E-state index in [1.807, 2.05) is 30.3 Å². The van der Waals surface area contributed by atoms with Crippen molar-refractivity contribution in [3.8, 4) is 10.4 Å². The van der Waals surface area contributed by atoms with Gasteiger partial charge in [-0.3, -0.25) is 0 Å². The number of para-hydroxylation sites is 1. The molecule has 26 heavy (non-hydrogen) atoms. The van der Waals surface area contributed by atoms with Crippen molar-refractivity contribution >= 4 is 17.0 Å². The Balaban J connectivity index is 1.79. The molecule has 0 aliphatic heterocycles. The van der Waals surface area contributed by atoms with Crippen molar-refractivity contribution in [3.63, 3.8) is 0 Å². The lowest BCUT2D eigenvalue weighted by molar-refractivity contribution is 0.771. The summed E-state index contributed by atoms with van der Waals surface area (Å²) in [5, 5.41) is 0. The van der Waals surface area contributed by atoms with Gasteiger partial charge in [0.1, 0.15) is 0 Å². The van der Waals surface area contributed by atoms with Crippen LogP contribution in [0.4, 0.5) is 5.69 Å². The van der Waals surface area contributed by atoms with Crippen LogP contribution in [0, 0.1) is 6.92 Å². The molecule has 0 saturated carbocycles. The van der Waals surface area contributed by atoms with E-state index in [0.29, 0.717) is 0 Å². The van der Waals surface area contributed by atoms with Gasteiger partial charge in [0, 0.05) is 12.7 Å². The highest BCUT2D eigenvalue weighted by atomic mass is 32.1. The fourth-order valence-electron chi connectivity index (χ4n) is 2.82. The van der Waals surface area contributed by atoms with Gasteiger partial charge in [0.25, 0.3) is 0 Å². The first kappa shape index (κ1) is 16.6. The quantitative estimate of drug-likeness (QED) is 0.439.